The van der Waals surface area contributed by atoms with Crippen LogP contribution in [-0.4, -0.2) is 18.4 Å². The molecule has 1 fully saturated rings. The van der Waals surface area contributed by atoms with E-state index in [4.69, 9.17) is 4.74 Å². The van der Waals surface area contributed by atoms with Crippen LogP contribution in [0.2, 0.25) is 0 Å². The summed E-state index contributed by atoms with van der Waals surface area (Å²) < 4.78 is 5.28. The van der Waals surface area contributed by atoms with Crippen molar-refractivity contribution in [3.05, 3.63) is 23.8 Å². The van der Waals surface area contributed by atoms with Gasteiger partial charge in [0.25, 0.3) is 5.91 Å². The molecule has 1 aromatic carbocycles. The Labute approximate surface area is 98.1 Å². The maximum atomic E-state index is 11.2. The van der Waals surface area contributed by atoms with E-state index in [0.29, 0.717) is 17.9 Å². The Hall–Kier alpha value is -2.04. The number of hydrogen-bond donors (Lipinski definition) is 2. The van der Waals surface area contributed by atoms with Crippen LogP contribution in [0.3, 0.4) is 0 Å². The Morgan fingerprint density at radius 1 is 1.24 bits per heavy atom. The standard InChI is InChI=1S/C12H12N2O3/c15-11-4-2-8(13-11)7-1-3-10-9(5-7)14-12(16)6-17-10/h1,3,5,8H,2,4,6H2,(H,13,15)(H,14,16). The lowest BCUT2D eigenvalue weighted by atomic mass is 10.0. The first-order chi connectivity index (χ1) is 8.22. The van der Waals surface area contributed by atoms with Crippen molar-refractivity contribution in [2.45, 2.75) is 18.9 Å². The molecule has 0 aliphatic carbocycles. The Kier molecular flexibility index (Phi) is 2.24. The minimum atomic E-state index is -0.148. The van der Waals surface area contributed by atoms with Gasteiger partial charge < -0.3 is 15.4 Å². The van der Waals surface area contributed by atoms with Crippen LogP contribution in [-0.2, 0) is 9.59 Å². The number of rotatable bonds is 1. The van der Waals surface area contributed by atoms with Gasteiger partial charge in [-0.25, -0.2) is 0 Å². The van der Waals surface area contributed by atoms with E-state index in [1.165, 1.54) is 0 Å². The fourth-order valence-corrected chi connectivity index (χ4v) is 2.18. The zero-order valence-electron chi connectivity index (χ0n) is 9.16. The molecule has 2 heterocycles. The van der Waals surface area contributed by atoms with Crippen LogP contribution >= 0.6 is 0 Å². The first kappa shape index (κ1) is 10.1. The molecule has 1 saturated heterocycles. The molecule has 1 aromatic rings. The van der Waals surface area contributed by atoms with E-state index in [1.807, 2.05) is 18.2 Å². The number of hydrogen-bond acceptors (Lipinski definition) is 3. The monoisotopic (exact) mass is 232 g/mol. The minimum absolute atomic E-state index is 0.0478. The number of fused-ring (bicyclic) bond motifs is 1. The highest BCUT2D eigenvalue weighted by atomic mass is 16.5. The number of carbonyl (C=O) groups excluding carboxylic acids is 2. The smallest absolute Gasteiger partial charge is 0.262 e. The number of amides is 2. The highest BCUT2D eigenvalue weighted by molar-refractivity contribution is 5.95. The summed E-state index contributed by atoms with van der Waals surface area (Å²) in [5, 5.41) is 5.65. The molecule has 2 N–H and O–H groups in total. The van der Waals surface area contributed by atoms with Gasteiger partial charge in [0.2, 0.25) is 5.91 Å². The first-order valence-electron chi connectivity index (χ1n) is 5.58. The summed E-state index contributed by atoms with van der Waals surface area (Å²) in [4.78, 5) is 22.4. The molecular weight excluding hydrogens is 220 g/mol. The third-order valence-corrected chi connectivity index (χ3v) is 3.03. The van der Waals surface area contributed by atoms with E-state index >= 15 is 0 Å². The second kappa shape index (κ2) is 3.76. The van der Waals surface area contributed by atoms with Crippen molar-refractivity contribution >= 4 is 17.5 Å². The van der Waals surface area contributed by atoms with Crippen molar-refractivity contribution in [1.82, 2.24) is 5.32 Å². The van der Waals surface area contributed by atoms with Gasteiger partial charge in [-0.2, -0.15) is 0 Å². The maximum absolute atomic E-state index is 11.2. The molecule has 2 aliphatic rings. The molecular formula is C12H12N2O3. The van der Waals surface area contributed by atoms with E-state index in [0.717, 1.165) is 12.0 Å². The molecule has 0 radical (unpaired) electrons. The molecule has 2 amide bonds. The predicted molar refractivity (Wildman–Crippen MR) is 60.7 cm³/mol. The van der Waals surface area contributed by atoms with Gasteiger partial charge in [0.15, 0.2) is 6.61 Å². The molecule has 17 heavy (non-hydrogen) atoms. The number of carbonyl (C=O) groups is 2. The Morgan fingerprint density at radius 3 is 2.88 bits per heavy atom. The third-order valence-electron chi connectivity index (χ3n) is 3.03. The Balaban J connectivity index is 1.90. The van der Waals surface area contributed by atoms with E-state index in [1.54, 1.807) is 0 Å². The van der Waals surface area contributed by atoms with Gasteiger partial charge in [-0.05, 0) is 24.1 Å². The van der Waals surface area contributed by atoms with Crippen molar-refractivity contribution in [3.8, 4) is 5.75 Å². The lowest BCUT2D eigenvalue weighted by molar-refractivity contribution is -0.119. The van der Waals surface area contributed by atoms with E-state index in [9.17, 15) is 9.59 Å². The molecule has 88 valence electrons. The summed E-state index contributed by atoms with van der Waals surface area (Å²) in [7, 11) is 0. The lowest BCUT2D eigenvalue weighted by Gasteiger charge is -2.20. The molecule has 0 spiro atoms. The summed E-state index contributed by atoms with van der Waals surface area (Å²) in [6.45, 7) is 0.0620. The number of benzene rings is 1. The van der Waals surface area contributed by atoms with Crippen LogP contribution in [0.4, 0.5) is 5.69 Å². The average molecular weight is 232 g/mol. The Bertz CT molecular complexity index is 499. The summed E-state index contributed by atoms with van der Waals surface area (Å²) in [6.07, 6.45) is 1.36. The second-order valence-corrected chi connectivity index (χ2v) is 4.25. The van der Waals surface area contributed by atoms with E-state index in [-0.39, 0.29) is 24.5 Å². The second-order valence-electron chi connectivity index (χ2n) is 4.25. The number of ether oxygens (including phenoxy) is 1. The molecule has 5 heteroatoms. The zero-order chi connectivity index (χ0) is 11.8. The molecule has 0 aromatic heterocycles. The van der Waals surface area contributed by atoms with Crippen LogP contribution in [0, 0.1) is 0 Å². The fourth-order valence-electron chi connectivity index (χ4n) is 2.18. The SMILES string of the molecule is O=C1COc2ccc(C3CCC(=O)N3)cc2N1. The molecule has 0 bridgehead atoms. The lowest BCUT2D eigenvalue weighted by Crippen LogP contribution is -2.26. The minimum Gasteiger partial charge on any atom is -0.482 e. The molecule has 1 atom stereocenters. The predicted octanol–water partition coefficient (Wildman–Crippen LogP) is 0.969. The van der Waals surface area contributed by atoms with Gasteiger partial charge in [-0.1, -0.05) is 6.07 Å². The molecule has 0 saturated carbocycles. The van der Waals surface area contributed by atoms with Gasteiger partial charge in [0, 0.05) is 6.42 Å². The first-order valence-corrected chi connectivity index (χ1v) is 5.58. The van der Waals surface area contributed by atoms with Crippen LogP contribution in [0.5, 0.6) is 5.75 Å². The molecule has 3 rings (SSSR count). The largest absolute Gasteiger partial charge is 0.482 e. The van der Waals surface area contributed by atoms with Crippen molar-refractivity contribution in [2.75, 3.05) is 11.9 Å². The summed E-state index contributed by atoms with van der Waals surface area (Å²) in [5.74, 6) is 0.607. The normalized spacial score (nSPS) is 22.5. The number of anilines is 1. The molecule has 2 aliphatic heterocycles. The van der Waals surface area contributed by atoms with Gasteiger partial charge in [-0.15, -0.1) is 0 Å². The summed E-state index contributed by atoms with van der Waals surface area (Å²) in [5.41, 5.74) is 1.68. The van der Waals surface area contributed by atoms with E-state index in [2.05, 4.69) is 10.6 Å². The van der Waals surface area contributed by atoms with Crippen molar-refractivity contribution < 1.29 is 14.3 Å². The highest BCUT2D eigenvalue weighted by Gasteiger charge is 2.24. The van der Waals surface area contributed by atoms with Crippen LogP contribution in [0.15, 0.2) is 18.2 Å². The number of nitrogens with one attached hydrogen (secondary N) is 2. The maximum Gasteiger partial charge on any atom is 0.262 e. The average Bonchev–Trinajstić information content (AvgIpc) is 2.75. The molecule has 1 unspecified atom stereocenters. The zero-order valence-corrected chi connectivity index (χ0v) is 9.16. The van der Waals surface area contributed by atoms with Gasteiger partial charge >= 0.3 is 0 Å². The van der Waals surface area contributed by atoms with Crippen LogP contribution in [0.1, 0.15) is 24.4 Å². The van der Waals surface area contributed by atoms with Gasteiger partial charge in [0.05, 0.1) is 11.7 Å². The van der Waals surface area contributed by atoms with Gasteiger partial charge in [-0.3, -0.25) is 9.59 Å². The van der Waals surface area contributed by atoms with Crippen LogP contribution in [0.25, 0.3) is 0 Å². The fraction of sp³-hybridized carbons (Fsp3) is 0.333. The van der Waals surface area contributed by atoms with Crippen molar-refractivity contribution in [1.29, 1.82) is 0 Å². The summed E-state index contributed by atoms with van der Waals surface area (Å²) >= 11 is 0. The Morgan fingerprint density at radius 2 is 2.12 bits per heavy atom. The summed E-state index contributed by atoms with van der Waals surface area (Å²) in [6, 6.07) is 5.66. The quantitative estimate of drug-likeness (QED) is 0.758. The van der Waals surface area contributed by atoms with Crippen LogP contribution < -0.4 is 15.4 Å². The van der Waals surface area contributed by atoms with Gasteiger partial charge in [0.1, 0.15) is 5.75 Å². The molecule has 5 nitrogen and oxygen atoms in total. The highest BCUT2D eigenvalue weighted by Crippen LogP contribution is 2.32. The third kappa shape index (κ3) is 1.84. The topological polar surface area (TPSA) is 67.4 Å². The van der Waals surface area contributed by atoms with Crippen molar-refractivity contribution in [2.24, 2.45) is 0 Å². The van der Waals surface area contributed by atoms with E-state index < -0.39 is 0 Å². The van der Waals surface area contributed by atoms with Crippen molar-refractivity contribution in [3.63, 3.8) is 0 Å².